The molecule has 2 aromatic carbocycles. The number of amides is 2. The maximum absolute atomic E-state index is 12.6. The van der Waals surface area contributed by atoms with E-state index in [-0.39, 0.29) is 18.4 Å². The van der Waals surface area contributed by atoms with Crippen molar-refractivity contribution in [1.29, 1.82) is 0 Å². The number of anilines is 3. The first-order valence-corrected chi connectivity index (χ1v) is 9.64. The average molecular weight is 383 g/mol. The molecule has 0 aliphatic carbocycles. The van der Waals surface area contributed by atoms with Crippen LogP contribution in [0.4, 0.5) is 17.1 Å². The van der Waals surface area contributed by atoms with Crippen molar-refractivity contribution in [2.45, 2.75) is 27.7 Å². The SMILES string of the molecule is CCOc1ccccc1NC(=O)CN(C(C)=O)c1ccc(N(CC)CC)cc1. The Balaban J connectivity index is 2.12. The van der Waals surface area contributed by atoms with E-state index in [1.807, 2.05) is 43.3 Å². The molecule has 2 amide bonds. The largest absolute Gasteiger partial charge is 0.492 e. The molecule has 0 saturated heterocycles. The molecule has 6 nitrogen and oxygen atoms in total. The van der Waals surface area contributed by atoms with E-state index in [1.54, 1.807) is 12.1 Å². The molecule has 150 valence electrons. The van der Waals surface area contributed by atoms with Gasteiger partial charge in [-0.15, -0.1) is 0 Å². The molecule has 6 heteroatoms. The molecule has 0 unspecified atom stereocenters. The third-order valence-corrected chi connectivity index (χ3v) is 4.43. The summed E-state index contributed by atoms with van der Waals surface area (Å²) < 4.78 is 5.53. The molecule has 0 fully saturated rings. The lowest BCUT2D eigenvalue weighted by molar-refractivity contribution is -0.120. The summed E-state index contributed by atoms with van der Waals surface area (Å²) in [6.07, 6.45) is 0. The van der Waals surface area contributed by atoms with E-state index in [0.29, 0.717) is 23.7 Å². The molecule has 0 bridgehead atoms. The Morgan fingerprint density at radius 3 is 2.11 bits per heavy atom. The predicted molar refractivity (Wildman–Crippen MR) is 114 cm³/mol. The van der Waals surface area contributed by atoms with E-state index in [0.717, 1.165) is 18.8 Å². The lowest BCUT2D eigenvalue weighted by atomic mass is 10.2. The van der Waals surface area contributed by atoms with Crippen LogP contribution in [-0.4, -0.2) is 38.1 Å². The number of hydrogen-bond acceptors (Lipinski definition) is 4. The van der Waals surface area contributed by atoms with E-state index in [1.165, 1.54) is 11.8 Å². The minimum absolute atomic E-state index is 0.0690. The maximum Gasteiger partial charge on any atom is 0.244 e. The van der Waals surface area contributed by atoms with Crippen LogP contribution < -0.4 is 19.9 Å². The van der Waals surface area contributed by atoms with E-state index in [4.69, 9.17) is 4.74 Å². The van der Waals surface area contributed by atoms with Crippen molar-refractivity contribution < 1.29 is 14.3 Å². The van der Waals surface area contributed by atoms with Crippen LogP contribution in [0.25, 0.3) is 0 Å². The van der Waals surface area contributed by atoms with Gasteiger partial charge in [-0.1, -0.05) is 12.1 Å². The van der Waals surface area contributed by atoms with Crippen LogP contribution in [0.5, 0.6) is 5.75 Å². The normalized spacial score (nSPS) is 10.3. The van der Waals surface area contributed by atoms with E-state index >= 15 is 0 Å². The van der Waals surface area contributed by atoms with Gasteiger partial charge in [-0.2, -0.15) is 0 Å². The number of nitrogens with zero attached hydrogens (tertiary/aromatic N) is 2. The molecule has 1 N–H and O–H groups in total. The van der Waals surface area contributed by atoms with Crippen LogP contribution in [0, 0.1) is 0 Å². The Morgan fingerprint density at radius 2 is 1.54 bits per heavy atom. The van der Waals surface area contributed by atoms with Gasteiger partial charge in [-0.25, -0.2) is 0 Å². The van der Waals surface area contributed by atoms with Crippen molar-refractivity contribution in [3.63, 3.8) is 0 Å². The van der Waals surface area contributed by atoms with Crippen LogP contribution in [-0.2, 0) is 9.59 Å². The summed E-state index contributed by atoms with van der Waals surface area (Å²) in [6, 6.07) is 14.9. The summed E-state index contributed by atoms with van der Waals surface area (Å²) in [7, 11) is 0. The van der Waals surface area contributed by atoms with Crippen LogP contribution in [0.1, 0.15) is 27.7 Å². The van der Waals surface area contributed by atoms with Gasteiger partial charge in [0.05, 0.1) is 12.3 Å². The second-order valence-corrected chi connectivity index (χ2v) is 6.27. The van der Waals surface area contributed by atoms with E-state index in [9.17, 15) is 9.59 Å². The molecule has 0 radical (unpaired) electrons. The zero-order valence-electron chi connectivity index (χ0n) is 17.1. The molecular formula is C22H29N3O3. The summed E-state index contributed by atoms with van der Waals surface area (Å²) in [5, 5.41) is 2.83. The number of ether oxygens (including phenoxy) is 1. The lowest BCUT2D eigenvalue weighted by Crippen LogP contribution is -2.36. The molecule has 2 aromatic rings. The highest BCUT2D eigenvalue weighted by Gasteiger charge is 2.17. The Labute approximate surface area is 167 Å². The maximum atomic E-state index is 12.6. The quantitative estimate of drug-likeness (QED) is 0.713. The molecule has 0 aliphatic heterocycles. The molecule has 0 aromatic heterocycles. The van der Waals surface area contributed by atoms with Crippen molar-refractivity contribution in [1.82, 2.24) is 0 Å². The molecule has 0 aliphatic rings. The standard InChI is InChI=1S/C22H29N3O3/c1-5-24(6-2)18-12-14-19(15-13-18)25(17(4)26)16-22(27)23-20-10-8-9-11-21(20)28-7-3/h8-15H,5-7,16H2,1-4H3,(H,23,27). The first-order chi connectivity index (χ1) is 13.5. The molecule has 0 heterocycles. The highest BCUT2D eigenvalue weighted by Crippen LogP contribution is 2.24. The summed E-state index contributed by atoms with van der Waals surface area (Å²) >= 11 is 0. The Morgan fingerprint density at radius 1 is 0.929 bits per heavy atom. The summed E-state index contributed by atoms with van der Waals surface area (Å²) in [5.74, 6) is 0.135. The van der Waals surface area contributed by atoms with Crippen molar-refractivity contribution in [2.75, 3.05) is 41.4 Å². The zero-order valence-corrected chi connectivity index (χ0v) is 17.1. The molecule has 0 saturated carbocycles. The lowest BCUT2D eigenvalue weighted by Gasteiger charge is -2.24. The number of rotatable bonds is 9. The van der Waals surface area contributed by atoms with Crippen LogP contribution in [0.15, 0.2) is 48.5 Å². The first-order valence-electron chi connectivity index (χ1n) is 9.64. The Kier molecular flexibility index (Phi) is 7.87. The second kappa shape index (κ2) is 10.3. The number of hydrogen-bond donors (Lipinski definition) is 1. The molecular weight excluding hydrogens is 354 g/mol. The fourth-order valence-corrected chi connectivity index (χ4v) is 3.00. The highest BCUT2D eigenvalue weighted by atomic mass is 16.5. The Bertz CT molecular complexity index is 786. The smallest absolute Gasteiger partial charge is 0.244 e. The van der Waals surface area contributed by atoms with Gasteiger partial charge in [0.25, 0.3) is 0 Å². The molecule has 0 atom stereocenters. The van der Waals surface area contributed by atoms with Crippen molar-refractivity contribution in [3.8, 4) is 5.75 Å². The van der Waals surface area contributed by atoms with E-state index < -0.39 is 0 Å². The van der Waals surface area contributed by atoms with Crippen molar-refractivity contribution in [2.24, 2.45) is 0 Å². The third-order valence-electron chi connectivity index (χ3n) is 4.43. The van der Waals surface area contributed by atoms with Gasteiger partial charge in [0.1, 0.15) is 12.3 Å². The molecule has 0 spiro atoms. The fraction of sp³-hybridized carbons (Fsp3) is 0.364. The van der Waals surface area contributed by atoms with E-state index in [2.05, 4.69) is 24.1 Å². The topological polar surface area (TPSA) is 61.9 Å². The van der Waals surface area contributed by atoms with Crippen molar-refractivity contribution in [3.05, 3.63) is 48.5 Å². The Hall–Kier alpha value is -3.02. The number of para-hydroxylation sites is 2. The average Bonchev–Trinajstić information content (AvgIpc) is 2.69. The van der Waals surface area contributed by atoms with Gasteiger partial charge in [-0.3, -0.25) is 9.59 Å². The van der Waals surface area contributed by atoms with Gasteiger partial charge in [0, 0.05) is 31.4 Å². The van der Waals surface area contributed by atoms with Gasteiger partial charge in [0.2, 0.25) is 11.8 Å². The van der Waals surface area contributed by atoms with Crippen LogP contribution in [0.2, 0.25) is 0 Å². The highest BCUT2D eigenvalue weighted by molar-refractivity contribution is 6.02. The summed E-state index contributed by atoms with van der Waals surface area (Å²) in [4.78, 5) is 28.4. The zero-order chi connectivity index (χ0) is 20.5. The minimum atomic E-state index is -0.282. The molecule has 2 rings (SSSR count). The van der Waals surface area contributed by atoms with Crippen LogP contribution in [0.3, 0.4) is 0 Å². The first kappa shape index (κ1) is 21.3. The van der Waals surface area contributed by atoms with Gasteiger partial charge < -0.3 is 19.9 Å². The minimum Gasteiger partial charge on any atom is -0.492 e. The summed E-state index contributed by atoms with van der Waals surface area (Å²) in [5.41, 5.74) is 2.37. The summed E-state index contributed by atoms with van der Waals surface area (Å²) in [6.45, 7) is 9.80. The van der Waals surface area contributed by atoms with Crippen LogP contribution >= 0.6 is 0 Å². The van der Waals surface area contributed by atoms with Gasteiger partial charge in [0.15, 0.2) is 0 Å². The second-order valence-electron chi connectivity index (χ2n) is 6.27. The number of benzene rings is 2. The molecule has 28 heavy (non-hydrogen) atoms. The third kappa shape index (κ3) is 5.49. The monoisotopic (exact) mass is 383 g/mol. The number of carbonyl (C=O) groups excluding carboxylic acids is 2. The predicted octanol–water partition coefficient (Wildman–Crippen LogP) is 3.92. The fourth-order valence-electron chi connectivity index (χ4n) is 3.00. The van der Waals surface area contributed by atoms with Gasteiger partial charge >= 0.3 is 0 Å². The number of nitrogens with one attached hydrogen (secondary N) is 1. The number of carbonyl (C=O) groups is 2. The van der Waals surface area contributed by atoms with Gasteiger partial charge in [-0.05, 0) is 57.2 Å². The van der Waals surface area contributed by atoms with Crippen molar-refractivity contribution >= 4 is 28.9 Å².